The second kappa shape index (κ2) is 8.45. The summed E-state index contributed by atoms with van der Waals surface area (Å²) in [5.74, 6) is -0.340. The van der Waals surface area contributed by atoms with E-state index in [2.05, 4.69) is 46.1 Å². The summed E-state index contributed by atoms with van der Waals surface area (Å²) in [5, 5.41) is 27.4. The van der Waals surface area contributed by atoms with Crippen LogP contribution in [0.4, 0.5) is 0 Å². The van der Waals surface area contributed by atoms with Crippen molar-refractivity contribution in [3.63, 3.8) is 0 Å². The standard InChI is InChI=1S/C29H28N8O2/c1-29(2)11-10-18-14-30-36(27(18)29)19-7-4-6-17(12-19)23-8-5-9-25(32-23)37-26(22(15-31-37)28(38)39)21-13-20(21)24-16-35(3)34-33-24/h4-9,12,14-16,20-21H,10-11,13H2,1-3H3,(H,38,39)/t20-,21-/m1/s1. The number of hydrogen-bond donors (Lipinski definition) is 1. The molecule has 5 aromatic rings. The number of nitrogens with zero attached hydrogens (tertiary/aromatic N) is 8. The molecule has 1 saturated carbocycles. The van der Waals surface area contributed by atoms with Crippen LogP contribution in [0.2, 0.25) is 0 Å². The largest absolute Gasteiger partial charge is 0.478 e. The molecular weight excluding hydrogens is 492 g/mol. The summed E-state index contributed by atoms with van der Waals surface area (Å²) in [6, 6.07) is 14.0. The number of benzene rings is 1. The van der Waals surface area contributed by atoms with Crippen molar-refractivity contribution < 1.29 is 9.90 Å². The van der Waals surface area contributed by atoms with Crippen molar-refractivity contribution >= 4 is 5.97 Å². The third-order valence-corrected chi connectivity index (χ3v) is 8.02. The highest BCUT2D eigenvalue weighted by atomic mass is 16.4. The average Bonchev–Trinajstić information content (AvgIpc) is 3.30. The van der Waals surface area contributed by atoms with Crippen molar-refractivity contribution in [2.24, 2.45) is 7.05 Å². The van der Waals surface area contributed by atoms with E-state index >= 15 is 0 Å². The number of carboxylic acid groups (broad SMARTS) is 1. The first-order valence-electron chi connectivity index (χ1n) is 13.1. The van der Waals surface area contributed by atoms with Crippen molar-refractivity contribution in [2.45, 2.75) is 50.4 Å². The molecule has 10 nitrogen and oxygen atoms in total. The highest BCUT2D eigenvalue weighted by Gasteiger charge is 2.46. The van der Waals surface area contributed by atoms with Gasteiger partial charge in [0.2, 0.25) is 0 Å². The Morgan fingerprint density at radius 2 is 1.87 bits per heavy atom. The van der Waals surface area contributed by atoms with E-state index in [1.54, 1.807) is 9.36 Å². The van der Waals surface area contributed by atoms with Gasteiger partial charge in [0, 0.05) is 36.1 Å². The molecule has 0 spiro atoms. The molecule has 0 aliphatic heterocycles. The Morgan fingerprint density at radius 3 is 2.67 bits per heavy atom. The molecule has 39 heavy (non-hydrogen) atoms. The lowest BCUT2D eigenvalue weighted by molar-refractivity contribution is 0.0695. The van der Waals surface area contributed by atoms with Crippen LogP contribution in [-0.4, -0.2) is 50.6 Å². The zero-order chi connectivity index (χ0) is 26.9. The summed E-state index contributed by atoms with van der Waals surface area (Å²) < 4.78 is 5.39. The number of carboxylic acids is 1. The minimum atomic E-state index is -1.00. The lowest BCUT2D eigenvalue weighted by Gasteiger charge is -2.21. The Labute approximate surface area is 224 Å². The third-order valence-electron chi connectivity index (χ3n) is 8.02. The predicted octanol–water partition coefficient (Wildman–Crippen LogP) is 4.44. The van der Waals surface area contributed by atoms with Gasteiger partial charge in [-0.1, -0.05) is 37.3 Å². The number of rotatable bonds is 6. The number of fused-ring (bicyclic) bond motifs is 1. The van der Waals surface area contributed by atoms with Gasteiger partial charge in [-0.15, -0.1) is 5.10 Å². The molecule has 1 fully saturated rings. The number of pyridine rings is 1. The Balaban J connectivity index is 1.26. The number of aryl methyl sites for hydroxylation is 2. The Bertz CT molecular complexity index is 1740. The van der Waals surface area contributed by atoms with Crippen LogP contribution >= 0.6 is 0 Å². The molecule has 2 atom stereocenters. The van der Waals surface area contributed by atoms with E-state index in [9.17, 15) is 9.90 Å². The first-order valence-corrected chi connectivity index (χ1v) is 13.1. The molecular formula is C29H28N8O2. The minimum Gasteiger partial charge on any atom is -0.478 e. The van der Waals surface area contributed by atoms with Crippen LogP contribution < -0.4 is 0 Å². The molecule has 196 valence electrons. The summed E-state index contributed by atoms with van der Waals surface area (Å²) in [7, 11) is 1.83. The van der Waals surface area contributed by atoms with Gasteiger partial charge < -0.3 is 5.11 Å². The molecule has 1 N–H and O–H groups in total. The van der Waals surface area contributed by atoms with E-state index in [4.69, 9.17) is 10.1 Å². The third kappa shape index (κ3) is 3.86. The molecule has 1 aromatic carbocycles. The fourth-order valence-electron chi connectivity index (χ4n) is 5.97. The monoisotopic (exact) mass is 520 g/mol. The Hall–Kier alpha value is -4.60. The van der Waals surface area contributed by atoms with E-state index in [0.717, 1.165) is 41.9 Å². The lowest BCUT2D eigenvalue weighted by Crippen LogP contribution is -2.18. The Kier molecular flexibility index (Phi) is 5.10. The van der Waals surface area contributed by atoms with E-state index in [1.165, 1.54) is 17.5 Å². The Morgan fingerprint density at radius 1 is 1.05 bits per heavy atom. The molecule has 4 aromatic heterocycles. The number of hydrogen-bond acceptors (Lipinski definition) is 6. The van der Waals surface area contributed by atoms with E-state index < -0.39 is 5.97 Å². The van der Waals surface area contributed by atoms with Crippen LogP contribution in [0.15, 0.2) is 61.1 Å². The van der Waals surface area contributed by atoms with Crippen molar-refractivity contribution in [1.29, 1.82) is 0 Å². The van der Waals surface area contributed by atoms with Crippen molar-refractivity contribution in [3.05, 3.63) is 89.3 Å². The molecule has 0 unspecified atom stereocenters. The van der Waals surface area contributed by atoms with Crippen molar-refractivity contribution in [2.75, 3.05) is 0 Å². The maximum Gasteiger partial charge on any atom is 0.339 e. The average molecular weight is 521 g/mol. The quantitative estimate of drug-likeness (QED) is 0.352. The van der Waals surface area contributed by atoms with Crippen LogP contribution in [0.25, 0.3) is 22.8 Å². The minimum absolute atomic E-state index is 0.0191. The summed E-state index contributed by atoms with van der Waals surface area (Å²) >= 11 is 0. The van der Waals surface area contributed by atoms with E-state index in [1.807, 2.05) is 49.8 Å². The number of carbonyl (C=O) groups is 1. The van der Waals surface area contributed by atoms with Crippen LogP contribution in [-0.2, 0) is 18.9 Å². The molecule has 7 rings (SSSR count). The van der Waals surface area contributed by atoms with Gasteiger partial charge in [0.1, 0.15) is 5.56 Å². The highest BCUT2D eigenvalue weighted by Crippen LogP contribution is 2.55. The first-order chi connectivity index (χ1) is 18.8. The molecule has 10 heteroatoms. The van der Waals surface area contributed by atoms with Crippen molar-refractivity contribution in [1.82, 2.24) is 39.5 Å². The molecule has 0 saturated heterocycles. The molecule has 0 radical (unpaired) electrons. The van der Waals surface area contributed by atoms with Gasteiger partial charge >= 0.3 is 5.97 Å². The summed E-state index contributed by atoms with van der Waals surface area (Å²) in [6.07, 6.45) is 8.24. The van der Waals surface area contributed by atoms with Crippen LogP contribution in [0, 0.1) is 0 Å². The molecule has 0 bridgehead atoms. The second-order valence-corrected chi connectivity index (χ2v) is 11.2. The SMILES string of the molecule is Cn1cc([C@@H]2C[C@H]2c2c(C(=O)O)cnn2-c2cccc(-c3cccc(-n4ncc5c4C(C)(C)CC5)c3)n2)nn1. The molecule has 2 aliphatic carbocycles. The van der Waals surface area contributed by atoms with Gasteiger partial charge in [-0.3, -0.25) is 4.68 Å². The topological polar surface area (TPSA) is 117 Å². The van der Waals surface area contributed by atoms with Gasteiger partial charge in [0.15, 0.2) is 5.82 Å². The van der Waals surface area contributed by atoms with Crippen molar-refractivity contribution in [3.8, 4) is 22.8 Å². The highest BCUT2D eigenvalue weighted by molar-refractivity contribution is 5.89. The van der Waals surface area contributed by atoms with E-state index in [0.29, 0.717) is 11.5 Å². The number of aromatic carboxylic acids is 1. The summed E-state index contributed by atoms with van der Waals surface area (Å²) in [6.45, 7) is 4.54. The van der Waals surface area contributed by atoms with Crippen LogP contribution in [0.1, 0.15) is 71.5 Å². The molecule has 4 heterocycles. The first kappa shape index (κ1) is 23.5. The molecule has 2 aliphatic rings. The van der Waals surface area contributed by atoms with Gasteiger partial charge in [-0.05, 0) is 49.1 Å². The maximum atomic E-state index is 12.1. The fraction of sp³-hybridized carbons (Fsp3) is 0.310. The zero-order valence-electron chi connectivity index (χ0n) is 22.0. The summed E-state index contributed by atoms with van der Waals surface area (Å²) in [5.41, 5.74) is 7.07. The smallest absolute Gasteiger partial charge is 0.339 e. The maximum absolute atomic E-state index is 12.1. The van der Waals surface area contributed by atoms with Gasteiger partial charge in [-0.25, -0.2) is 19.1 Å². The van der Waals surface area contributed by atoms with E-state index in [-0.39, 0.29) is 22.8 Å². The number of aromatic nitrogens is 8. The fourth-order valence-corrected chi connectivity index (χ4v) is 5.97. The zero-order valence-corrected chi connectivity index (χ0v) is 22.0. The molecule has 0 amide bonds. The predicted molar refractivity (Wildman–Crippen MR) is 143 cm³/mol. The van der Waals surface area contributed by atoms with Crippen LogP contribution in [0.5, 0.6) is 0 Å². The normalized spacial score (nSPS) is 19.3. The van der Waals surface area contributed by atoms with Gasteiger partial charge in [-0.2, -0.15) is 10.2 Å². The summed E-state index contributed by atoms with van der Waals surface area (Å²) in [4.78, 5) is 17.0. The second-order valence-electron chi connectivity index (χ2n) is 11.2. The van der Waals surface area contributed by atoms with Crippen LogP contribution in [0.3, 0.4) is 0 Å². The van der Waals surface area contributed by atoms with Gasteiger partial charge in [0.05, 0.1) is 40.9 Å². The lowest BCUT2D eigenvalue weighted by atomic mass is 9.90. The van der Waals surface area contributed by atoms with Gasteiger partial charge in [0.25, 0.3) is 0 Å².